The summed E-state index contributed by atoms with van der Waals surface area (Å²) < 4.78 is 4.18. The highest BCUT2D eigenvalue weighted by molar-refractivity contribution is 5.85. The van der Waals surface area contributed by atoms with Gasteiger partial charge in [0.2, 0.25) is 0 Å². The Hall–Kier alpha value is -1.33. The summed E-state index contributed by atoms with van der Waals surface area (Å²) in [6, 6.07) is 2.70. The summed E-state index contributed by atoms with van der Waals surface area (Å²) >= 11 is 0. The fourth-order valence-electron chi connectivity index (χ4n) is 2.97. The third-order valence-corrected chi connectivity index (χ3v) is 4.09. The van der Waals surface area contributed by atoms with Crippen LogP contribution in [-0.2, 0) is 19.6 Å². The van der Waals surface area contributed by atoms with E-state index in [9.17, 15) is 0 Å². The summed E-state index contributed by atoms with van der Waals surface area (Å²) in [5.74, 6) is 0. The van der Waals surface area contributed by atoms with Crippen LogP contribution in [0.2, 0.25) is 0 Å². The zero-order valence-electron chi connectivity index (χ0n) is 12.5. The molecule has 0 amide bonds. The Kier molecular flexibility index (Phi) is 5.82. The summed E-state index contributed by atoms with van der Waals surface area (Å²) in [5.41, 5.74) is 2.50. The second kappa shape index (κ2) is 7.61. The molecular weight excluding hydrogens is 286 g/mol. The zero-order valence-corrected chi connectivity index (χ0v) is 13.4. The van der Waals surface area contributed by atoms with Crippen LogP contribution >= 0.6 is 12.4 Å². The van der Waals surface area contributed by atoms with Crippen molar-refractivity contribution >= 4 is 12.4 Å². The minimum atomic E-state index is 0. The zero-order chi connectivity index (χ0) is 13.8. The van der Waals surface area contributed by atoms with Crippen molar-refractivity contribution in [3.05, 3.63) is 35.9 Å². The monoisotopic (exact) mass is 309 g/mol. The van der Waals surface area contributed by atoms with Crippen LogP contribution in [-0.4, -0.2) is 19.6 Å². The number of hydrogen-bond acceptors (Lipinski definition) is 3. The van der Waals surface area contributed by atoms with Crippen LogP contribution < -0.4 is 5.32 Å². The largest absolute Gasteiger partial charge is 0.307 e. The average Bonchev–Trinajstić information content (AvgIpc) is 3.20. The van der Waals surface area contributed by atoms with Crippen molar-refractivity contribution in [2.45, 2.75) is 58.3 Å². The molecule has 1 aliphatic rings. The van der Waals surface area contributed by atoms with Gasteiger partial charge < -0.3 is 5.32 Å². The normalized spacial score (nSPS) is 15.3. The van der Waals surface area contributed by atoms with Crippen molar-refractivity contribution in [1.82, 2.24) is 24.9 Å². The maximum atomic E-state index is 4.51. The molecule has 116 valence electrons. The highest BCUT2D eigenvalue weighted by Crippen LogP contribution is 2.28. The number of halogens is 1. The first-order valence-corrected chi connectivity index (χ1v) is 7.61. The van der Waals surface area contributed by atoms with E-state index in [2.05, 4.69) is 39.4 Å². The lowest BCUT2D eigenvalue weighted by Crippen LogP contribution is -2.16. The van der Waals surface area contributed by atoms with Crippen LogP contribution in [0.1, 0.15) is 49.9 Å². The fraction of sp³-hybridized carbons (Fsp3) is 0.600. The third kappa shape index (κ3) is 3.86. The van der Waals surface area contributed by atoms with Crippen molar-refractivity contribution in [2.75, 3.05) is 0 Å². The Balaban J connectivity index is 0.00000161. The van der Waals surface area contributed by atoms with E-state index in [4.69, 9.17) is 0 Å². The summed E-state index contributed by atoms with van der Waals surface area (Å²) in [6.45, 7) is 4.75. The Bertz CT molecular complexity index is 542. The molecule has 2 aromatic rings. The van der Waals surface area contributed by atoms with Gasteiger partial charge >= 0.3 is 0 Å². The second-order valence-electron chi connectivity index (χ2n) is 5.51. The van der Waals surface area contributed by atoms with E-state index in [1.165, 1.54) is 36.9 Å². The molecule has 0 aliphatic heterocycles. The number of aryl methyl sites for hydroxylation is 1. The van der Waals surface area contributed by atoms with Crippen LogP contribution in [0.15, 0.2) is 24.7 Å². The van der Waals surface area contributed by atoms with Crippen molar-refractivity contribution in [3.8, 4) is 0 Å². The van der Waals surface area contributed by atoms with Gasteiger partial charge in [-0.1, -0.05) is 12.8 Å². The number of hydrogen-bond donors (Lipinski definition) is 1. The lowest BCUT2D eigenvalue weighted by molar-refractivity contribution is 0.466. The predicted octanol–water partition coefficient (Wildman–Crippen LogP) is 2.93. The first kappa shape index (κ1) is 16.0. The van der Waals surface area contributed by atoms with E-state index < -0.39 is 0 Å². The number of nitrogens with zero attached hydrogens (tertiary/aromatic N) is 4. The number of aromatic nitrogens is 4. The molecule has 0 unspecified atom stereocenters. The van der Waals surface area contributed by atoms with Crippen LogP contribution in [0.3, 0.4) is 0 Å². The molecule has 0 spiro atoms. The van der Waals surface area contributed by atoms with E-state index in [-0.39, 0.29) is 12.4 Å². The van der Waals surface area contributed by atoms with E-state index in [1.54, 1.807) is 0 Å². The van der Waals surface area contributed by atoms with E-state index >= 15 is 0 Å². The molecule has 0 radical (unpaired) electrons. The summed E-state index contributed by atoms with van der Waals surface area (Å²) in [7, 11) is 0. The van der Waals surface area contributed by atoms with Gasteiger partial charge in [-0.25, -0.2) is 0 Å². The highest BCUT2D eigenvalue weighted by atomic mass is 35.5. The average molecular weight is 310 g/mol. The first-order chi connectivity index (χ1) is 9.86. The molecular formula is C15H24ClN5. The molecule has 6 heteroatoms. The Morgan fingerprint density at radius 3 is 2.81 bits per heavy atom. The molecule has 1 saturated carbocycles. The van der Waals surface area contributed by atoms with Gasteiger partial charge in [0.05, 0.1) is 17.9 Å². The lowest BCUT2D eigenvalue weighted by atomic mass is 10.2. The molecule has 21 heavy (non-hydrogen) atoms. The standard InChI is InChI=1S/C15H23N5.ClH/c1-2-19-15(7-8-17-19)11-16-9-13-10-18-20(12-13)14-5-3-4-6-14;/h7-8,10,12,14,16H,2-6,9,11H2,1H3;1H. The van der Waals surface area contributed by atoms with E-state index in [1.807, 2.05) is 17.1 Å². The number of nitrogens with one attached hydrogen (secondary N) is 1. The summed E-state index contributed by atoms with van der Waals surface area (Å²) in [6.07, 6.45) is 11.3. The summed E-state index contributed by atoms with van der Waals surface area (Å²) in [5, 5.41) is 12.3. The Morgan fingerprint density at radius 2 is 2.05 bits per heavy atom. The first-order valence-electron chi connectivity index (χ1n) is 7.61. The molecule has 0 atom stereocenters. The molecule has 1 aliphatic carbocycles. The van der Waals surface area contributed by atoms with Crippen LogP contribution in [0.5, 0.6) is 0 Å². The molecule has 0 saturated heterocycles. The molecule has 2 heterocycles. The fourth-order valence-corrected chi connectivity index (χ4v) is 2.97. The maximum Gasteiger partial charge on any atom is 0.0534 e. The minimum Gasteiger partial charge on any atom is -0.307 e. The molecule has 3 rings (SSSR count). The van der Waals surface area contributed by atoms with Crippen molar-refractivity contribution in [2.24, 2.45) is 0 Å². The minimum absolute atomic E-state index is 0. The Labute approximate surface area is 132 Å². The van der Waals surface area contributed by atoms with Gasteiger partial charge in [0.1, 0.15) is 0 Å². The van der Waals surface area contributed by atoms with Gasteiger partial charge in [-0.15, -0.1) is 12.4 Å². The molecule has 0 bridgehead atoms. The van der Waals surface area contributed by atoms with Crippen molar-refractivity contribution < 1.29 is 0 Å². The van der Waals surface area contributed by atoms with Gasteiger partial charge in [-0.05, 0) is 25.8 Å². The van der Waals surface area contributed by atoms with Gasteiger partial charge in [0.25, 0.3) is 0 Å². The highest BCUT2D eigenvalue weighted by Gasteiger charge is 2.17. The molecule has 2 aromatic heterocycles. The Morgan fingerprint density at radius 1 is 1.24 bits per heavy atom. The van der Waals surface area contributed by atoms with Gasteiger partial charge in [-0.3, -0.25) is 9.36 Å². The van der Waals surface area contributed by atoms with Crippen molar-refractivity contribution in [1.29, 1.82) is 0 Å². The van der Waals surface area contributed by atoms with Crippen LogP contribution in [0.25, 0.3) is 0 Å². The van der Waals surface area contributed by atoms with Gasteiger partial charge in [0, 0.05) is 37.6 Å². The smallest absolute Gasteiger partial charge is 0.0534 e. The number of rotatable bonds is 6. The van der Waals surface area contributed by atoms with Crippen molar-refractivity contribution in [3.63, 3.8) is 0 Å². The lowest BCUT2D eigenvalue weighted by Gasteiger charge is -2.08. The second-order valence-corrected chi connectivity index (χ2v) is 5.51. The SMILES string of the molecule is CCn1nccc1CNCc1cnn(C2CCCC2)c1.Cl. The predicted molar refractivity (Wildman–Crippen MR) is 85.4 cm³/mol. The molecule has 0 aromatic carbocycles. The maximum absolute atomic E-state index is 4.51. The van der Waals surface area contributed by atoms with Crippen LogP contribution in [0, 0.1) is 0 Å². The van der Waals surface area contributed by atoms with Gasteiger partial charge in [0.15, 0.2) is 0 Å². The summed E-state index contributed by atoms with van der Waals surface area (Å²) in [4.78, 5) is 0. The van der Waals surface area contributed by atoms with Gasteiger partial charge in [-0.2, -0.15) is 10.2 Å². The molecule has 1 N–H and O–H groups in total. The molecule has 5 nitrogen and oxygen atoms in total. The topological polar surface area (TPSA) is 47.7 Å². The van der Waals surface area contributed by atoms with Crippen LogP contribution in [0.4, 0.5) is 0 Å². The van der Waals surface area contributed by atoms with E-state index in [0.29, 0.717) is 6.04 Å². The molecule has 1 fully saturated rings. The van der Waals surface area contributed by atoms with E-state index in [0.717, 1.165) is 19.6 Å². The quantitative estimate of drug-likeness (QED) is 0.892. The third-order valence-electron chi connectivity index (χ3n) is 4.09.